The third-order valence-corrected chi connectivity index (χ3v) is 4.70. The van der Waals surface area contributed by atoms with Gasteiger partial charge in [-0.3, -0.25) is 0 Å². The van der Waals surface area contributed by atoms with Gasteiger partial charge in [0, 0.05) is 24.3 Å². The summed E-state index contributed by atoms with van der Waals surface area (Å²) in [5, 5.41) is 13.5. The van der Waals surface area contributed by atoms with Gasteiger partial charge in [-0.2, -0.15) is 0 Å². The molecule has 1 atom stereocenters. The summed E-state index contributed by atoms with van der Waals surface area (Å²) in [6, 6.07) is 10.3. The Morgan fingerprint density at radius 2 is 2.21 bits per heavy atom. The molecule has 0 saturated heterocycles. The molecule has 1 aliphatic heterocycles. The second kappa shape index (κ2) is 5.83. The number of aromatic nitrogens is 2. The van der Waals surface area contributed by atoms with E-state index in [1.54, 1.807) is 7.11 Å². The number of fused-ring (bicyclic) bond motifs is 2. The van der Waals surface area contributed by atoms with E-state index in [1.807, 2.05) is 18.5 Å². The smallest absolute Gasteiger partial charge is 0.121 e. The number of hydrogen-bond acceptors (Lipinski definition) is 4. The Bertz CT molecular complexity index is 901. The highest BCUT2D eigenvalue weighted by Crippen LogP contribution is 2.33. The molecule has 0 fully saturated rings. The third-order valence-electron chi connectivity index (χ3n) is 4.70. The maximum atomic E-state index is 10.2. The van der Waals surface area contributed by atoms with Crippen LogP contribution in [0.1, 0.15) is 29.2 Å². The van der Waals surface area contributed by atoms with Gasteiger partial charge < -0.3 is 19.7 Å². The topological polar surface area (TPSA) is 59.3 Å². The molecule has 1 aromatic heterocycles. The number of nitrogens with one attached hydrogen (secondary N) is 1. The van der Waals surface area contributed by atoms with Gasteiger partial charge in [0.05, 0.1) is 30.6 Å². The number of aliphatic hydroxyl groups excluding tert-OH is 1. The minimum Gasteiger partial charge on any atom is -0.496 e. The van der Waals surface area contributed by atoms with Crippen molar-refractivity contribution in [3.8, 4) is 5.75 Å². The third kappa shape index (κ3) is 2.51. The fourth-order valence-corrected chi connectivity index (χ4v) is 3.41. The summed E-state index contributed by atoms with van der Waals surface area (Å²) in [6.07, 6.45) is 2.20. The van der Waals surface area contributed by atoms with Crippen molar-refractivity contribution in [2.75, 3.05) is 19.0 Å². The molecule has 24 heavy (non-hydrogen) atoms. The van der Waals surface area contributed by atoms with Crippen molar-refractivity contribution < 1.29 is 9.84 Å². The van der Waals surface area contributed by atoms with Gasteiger partial charge in [-0.1, -0.05) is 12.1 Å². The quantitative estimate of drug-likeness (QED) is 0.777. The molecule has 0 aliphatic carbocycles. The molecule has 5 heteroatoms. The zero-order valence-electron chi connectivity index (χ0n) is 13.9. The zero-order valence-corrected chi connectivity index (χ0v) is 13.9. The summed E-state index contributed by atoms with van der Waals surface area (Å²) < 4.78 is 7.47. The molecule has 1 unspecified atom stereocenters. The molecule has 0 amide bonds. The van der Waals surface area contributed by atoms with Gasteiger partial charge in [-0.15, -0.1) is 0 Å². The van der Waals surface area contributed by atoms with Gasteiger partial charge in [0.1, 0.15) is 5.75 Å². The van der Waals surface area contributed by atoms with Gasteiger partial charge in [-0.05, 0) is 42.7 Å². The standard InChI is InChI=1S/C19H21N3O2/c1-12-7-13(3-4-19(12)24-2)10-22-11-21-16-8-14-15(9-17(16)22)20-6-5-18(14)23/h3-4,7-9,11,18,20,23H,5-6,10H2,1-2H3. The molecule has 0 spiro atoms. The first-order valence-electron chi connectivity index (χ1n) is 8.20. The average Bonchev–Trinajstić information content (AvgIpc) is 2.96. The number of anilines is 1. The lowest BCUT2D eigenvalue weighted by Gasteiger charge is -2.23. The fourth-order valence-electron chi connectivity index (χ4n) is 3.41. The van der Waals surface area contributed by atoms with E-state index in [9.17, 15) is 5.11 Å². The minimum atomic E-state index is -0.403. The highest BCUT2D eigenvalue weighted by atomic mass is 16.5. The van der Waals surface area contributed by atoms with Gasteiger partial charge in [0.15, 0.2) is 0 Å². The van der Waals surface area contributed by atoms with Crippen molar-refractivity contribution >= 4 is 16.7 Å². The van der Waals surface area contributed by atoms with E-state index >= 15 is 0 Å². The summed E-state index contributed by atoms with van der Waals surface area (Å²) in [5.41, 5.74) is 6.28. The predicted octanol–water partition coefficient (Wildman–Crippen LogP) is 3.25. The van der Waals surface area contributed by atoms with Gasteiger partial charge in [-0.25, -0.2) is 4.98 Å². The Labute approximate surface area is 140 Å². The van der Waals surface area contributed by atoms with E-state index in [4.69, 9.17) is 4.74 Å². The summed E-state index contributed by atoms with van der Waals surface area (Å²) in [6.45, 7) is 3.60. The van der Waals surface area contributed by atoms with Crippen molar-refractivity contribution in [2.24, 2.45) is 0 Å². The van der Waals surface area contributed by atoms with Crippen LogP contribution in [0.3, 0.4) is 0 Å². The molecule has 2 N–H and O–H groups in total. The van der Waals surface area contributed by atoms with E-state index in [-0.39, 0.29) is 0 Å². The molecule has 0 radical (unpaired) electrons. The van der Waals surface area contributed by atoms with Crippen molar-refractivity contribution in [1.82, 2.24) is 9.55 Å². The first-order chi connectivity index (χ1) is 11.7. The Hall–Kier alpha value is -2.53. The number of methoxy groups -OCH3 is 1. The monoisotopic (exact) mass is 323 g/mol. The zero-order chi connectivity index (χ0) is 16.7. The molecule has 2 heterocycles. The first-order valence-corrected chi connectivity index (χ1v) is 8.20. The molecule has 0 bridgehead atoms. The first kappa shape index (κ1) is 15.0. The van der Waals surface area contributed by atoms with Crippen LogP contribution < -0.4 is 10.1 Å². The van der Waals surface area contributed by atoms with Gasteiger partial charge in [0.2, 0.25) is 0 Å². The molecule has 1 aliphatic rings. The fraction of sp³-hybridized carbons (Fsp3) is 0.316. The van der Waals surface area contributed by atoms with Crippen molar-refractivity contribution in [1.29, 1.82) is 0 Å². The molecule has 4 rings (SSSR count). The molecule has 3 aromatic rings. The maximum absolute atomic E-state index is 10.2. The number of rotatable bonds is 3. The van der Waals surface area contributed by atoms with Crippen molar-refractivity contribution in [3.63, 3.8) is 0 Å². The lowest BCUT2D eigenvalue weighted by molar-refractivity contribution is 0.168. The second-order valence-electron chi connectivity index (χ2n) is 6.34. The number of aryl methyl sites for hydroxylation is 1. The van der Waals surface area contributed by atoms with Crippen LogP contribution in [-0.2, 0) is 6.54 Å². The SMILES string of the molecule is COc1ccc(Cn2cnc3cc4c(cc32)NCCC4O)cc1C. The maximum Gasteiger partial charge on any atom is 0.121 e. The van der Waals surface area contributed by atoms with Gasteiger partial charge in [0.25, 0.3) is 0 Å². The number of benzene rings is 2. The normalized spacial score (nSPS) is 16.7. The number of ether oxygens (including phenoxy) is 1. The van der Waals surface area contributed by atoms with E-state index in [1.165, 1.54) is 5.56 Å². The van der Waals surface area contributed by atoms with Crippen molar-refractivity contribution in [2.45, 2.75) is 26.0 Å². The Morgan fingerprint density at radius 3 is 3.00 bits per heavy atom. The van der Waals surface area contributed by atoms with Gasteiger partial charge >= 0.3 is 0 Å². The summed E-state index contributed by atoms with van der Waals surface area (Å²) >= 11 is 0. The summed E-state index contributed by atoms with van der Waals surface area (Å²) in [4.78, 5) is 4.51. The predicted molar refractivity (Wildman–Crippen MR) is 94.6 cm³/mol. The Kier molecular flexibility index (Phi) is 3.65. The van der Waals surface area contributed by atoms with Crippen molar-refractivity contribution in [3.05, 3.63) is 53.3 Å². The van der Waals surface area contributed by atoms with Crippen LogP contribution in [0.15, 0.2) is 36.7 Å². The Morgan fingerprint density at radius 1 is 1.33 bits per heavy atom. The van der Waals surface area contributed by atoms with Crippen LogP contribution in [0.5, 0.6) is 5.75 Å². The van der Waals surface area contributed by atoms with Crippen LogP contribution in [0, 0.1) is 6.92 Å². The highest BCUT2D eigenvalue weighted by Gasteiger charge is 2.19. The van der Waals surface area contributed by atoms with E-state index in [2.05, 4.69) is 40.0 Å². The van der Waals surface area contributed by atoms with E-state index in [0.29, 0.717) is 0 Å². The summed E-state index contributed by atoms with van der Waals surface area (Å²) in [5.74, 6) is 0.904. The number of nitrogens with zero attached hydrogens (tertiary/aromatic N) is 2. The van der Waals surface area contributed by atoms with E-state index in [0.717, 1.165) is 53.1 Å². The number of imidazole rings is 1. The summed E-state index contributed by atoms with van der Waals surface area (Å²) in [7, 11) is 1.69. The van der Waals surface area contributed by atoms with Crippen LogP contribution >= 0.6 is 0 Å². The Balaban J connectivity index is 1.71. The lowest BCUT2D eigenvalue weighted by Crippen LogP contribution is -2.16. The van der Waals surface area contributed by atoms with Crippen LogP contribution in [0.2, 0.25) is 0 Å². The second-order valence-corrected chi connectivity index (χ2v) is 6.34. The molecule has 5 nitrogen and oxygen atoms in total. The van der Waals surface area contributed by atoms with Crippen LogP contribution in [0.25, 0.3) is 11.0 Å². The molecular formula is C19H21N3O2. The van der Waals surface area contributed by atoms with Crippen LogP contribution in [-0.4, -0.2) is 28.3 Å². The molecular weight excluding hydrogens is 302 g/mol. The highest BCUT2D eigenvalue weighted by molar-refractivity contribution is 5.82. The molecule has 124 valence electrons. The molecule has 2 aromatic carbocycles. The minimum absolute atomic E-state index is 0.403. The van der Waals surface area contributed by atoms with Crippen LogP contribution in [0.4, 0.5) is 5.69 Å². The number of aliphatic hydroxyl groups is 1. The average molecular weight is 323 g/mol. The number of hydrogen-bond donors (Lipinski definition) is 2. The molecule has 0 saturated carbocycles. The lowest BCUT2D eigenvalue weighted by atomic mass is 10.00. The largest absolute Gasteiger partial charge is 0.496 e. The van der Waals surface area contributed by atoms with E-state index < -0.39 is 6.10 Å².